The zero-order valence-electron chi connectivity index (χ0n) is 19.6. The maximum absolute atomic E-state index is 12.5. The molecule has 2 heterocycles. The number of amides is 1. The summed E-state index contributed by atoms with van der Waals surface area (Å²) in [4.78, 5) is 17.5. The van der Waals surface area contributed by atoms with Crippen LogP contribution in [-0.4, -0.2) is 71.9 Å². The molecule has 1 aromatic heterocycles. The molecule has 0 unspecified atom stereocenters. The van der Waals surface area contributed by atoms with Gasteiger partial charge in [-0.25, -0.2) is 0 Å². The van der Waals surface area contributed by atoms with Gasteiger partial charge in [0, 0.05) is 44.0 Å². The van der Waals surface area contributed by atoms with Crippen molar-refractivity contribution in [2.24, 2.45) is 0 Å². The molecule has 1 fully saturated rings. The third kappa shape index (κ3) is 6.24. The average Bonchev–Trinajstić information content (AvgIpc) is 3.24. The van der Waals surface area contributed by atoms with E-state index in [2.05, 4.69) is 55.6 Å². The summed E-state index contributed by atoms with van der Waals surface area (Å²) in [5.41, 5.74) is 2.17. The summed E-state index contributed by atoms with van der Waals surface area (Å²) in [5, 5.41) is 10.1. The number of nitrogens with one attached hydrogen (secondary N) is 2. The van der Waals surface area contributed by atoms with E-state index in [1.54, 1.807) is 11.7 Å². The number of ether oxygens (including phenoxy) is 1. The second-order valence-electron chi connectivity index (χ2n) is 8.39. The van der Waals surface area contributed by atoms with Gasteiger partial charge in [0.2, 0.25) is 5.91 Å². The van der Waals surface area contributed by atoms with Crippen LogP contribution < -0.4 is 15.0 Å². The summed E-state index contributed by atoms with van der Waals surface area (Å²) < 4.78 is 7.35. The predicted molar refractivity (Wildman–Crippen MR) is 137 cm³/mol. The number of aromatic amines is 1. The van der Waals surface area contributed by atoms with Gasteiger partial charge in [-0.1, -0.05) is 18.2 Å². The molecule has 0 spiro atoms. The SMILES string of the molecule is COc1ccc(-c2n[nH]c(=S)n2CC(=O)NCCCCN2CCN(c3ccccc3)CC2)cc1. The summed E-state index contributed by atoms with van der Waals surface area (Å²) in [6.45, 7) is 6.13. The highest BCUT2D eigenvalue weighted by Crippen LogP contribution is 2.21. The third-order valence-electron chi connectivity index (χ3n) is 6.13. The van der Waals surface area contributed by atoms with Crippen molar-refractivity contribution >= 4 is 23.8 Å². The predicted octanol–water partition coefficient (Wildman–Crippen LogP) is 3.33. The van der Waals surface area contributed by atoms with Crippen LogP contribution in [0, 0.1) is 4.77 Å². The molecule has 1 saturated heterocycles. The van der Waals surface area contributed by atoms with Gasteiger partial charge in [0.25, 0.3) is 0 Å². The Kier molecular flexibility index (Phi) is 8.32. The van der Waals surface area contributed by atoms with Crippen molar-refractivity contribution in [2.45, 2.75) is 19.4 Å². The zero-order valence-corrected chi connectivity index (χ0v) is 20.4. The largest absolute Gasteiger partial charge is 0.497 e. The minimum absolute atomic E-state index is 0.0660. The van der Waals surface area contributed by atoms with Crippen molar-refractivity contribution in [3.63, 3.8) is 0 Å². The average molecular weight is 481 g/mol. The van der Waals surface area contributed by atoms with E-state index in [9.17, 15) is 4.79 Å². The number of H-pyrrole nitrogens is 1. The smallest absolute Gasteiger partial charge is 0.240 e. The highest BCUT2D eigenvalue weighted by atomic mass is 32.1. The Hall–Kier alpha value is -3.17. The van der Waals surface area contributed by atoms with E-state index in [0.717, 1.165) is 56.9 Å². The summed E-state index contributed by atoms with van der Waals surface area (Å²) in [6, 6.07) is 18.1. The molecule has 1 amide bonds. The van der Waals surface area contributed by atoms with Gasteiger partial charge in [0.05, 0.1) is 7.11 Å². The first-order chi connectivity index (χ1) is 16.6. The van der Waals surface area contributed by atoms with Gasteiger partial charge in [0.1, 0.15) is 12.3 Å². The molecule has 1 aliphatic heterocycles. The van der Waals surface area contributed by atoms with E-state index >= 15 is 0 Å². The number of hydrogen-bond acceptors (Lipinski definition) is 6. The number of nitrogens with zero attached hydrogens (tertiary/aromatic N) is 4. The summed E-state index contributed by atoms with van der Waals surface area (Å²) in [7, 11) is 1.63. The lowest BCUT2D eigenvalue weighted by atomic mass is 10.2. The summed E-state index contributed by atoms with van der Waals surface area (Å²) >= 11 is 5.34. The van der Waals surface area contributed by atoms with E-state index < -0.39 is 0 Å². The number of aromatic nitrogens is 3. The van der Waals surface area contributed by atoms with Gasteiger partial charge in [0.15, 0.2) is 10.6 Å². The standard InChI is InChI=1S/C25H32N6O2S/c1-33-22-11-9-20(10-12-22)24-27-28-25(34)31(24)19-23(32)26-13-5-6-14-29-15-17-30(18-16-29)21-7-3-2-4-8-21/h2-4,7-12H,5-6,13-19H2,1H3,(H,26,32)(H,28,34). The van der Waals surface area contributed by atoms with Crippen LogP contribution in [0.15, 0.2) is 54.6 Å². The first kappa shape index (κ1) is 24.0. The number of carbonyl (C=O) groups excluding carboxylic acids is 1. The number of benzene rings is 2. The van der Waals surface area contributed by atoms with Gasteiger partial charge >= 0.3 is 0 Å². The quantitative estimate of drug-likeness (QED) is 0.342. The molecule has 180 valence electrons. The maximum atomic E-state index is 12.5. The van der Waals surface area contributed by atoms with Crippen LogP contribution in [0.2, 0.25) is 0 Å². The van der Waals surface area contributed by atoms with Crippen LogP contribution in [0.1, 0.15) is 12.8 Å². The third-order valence-corrected chi connectivity index (χ3v) is 6.44. The van der Waals surface area contributed by atoms with Crippen LogP contribution in [0.25, 0.3) is 11.4 Å². The second-order valence-corrected chi connectivity index (χ2v) is 8.78. The van der Waals surface area contributed by atoms with Crippen molar-refractivity contribution in [3.05, 3.63) is 59.4 Å². The molecule has 0 saturated carbocycles. The Balaban J connectivity index is 1.17. The molecule has 2 aromatic carbocycles. The van der Waals surface area contributed by atoms with Crippen molar-refractivity contribution < 1.29 is 9.53 Å². The number of carbonyl (C=O) groups is 1. The Bertz CT molecular complexity index is 1100. The number of rotatable bonds is 10. The van der Waals surface area contributed by atoms with Gasteiger partial charge in [-0.05, 0) is 68.0 Å². The molecule has 0 radical (unpaired) electrons. The van der Waals surface area contributed by atoms with Crippen LogP contribution in [0.3, 0.4) is 0 Å². The van der Waals surface area contributed by atoms with Gasteiger partial charge in [-0.2, -0.15) is 5.10 Å². The van der Waals surface area contributed by atoms with Crippen molar-refractivity contribution in [1.82, 2.24) is 25.0 Å². The van der Waals surface area contributed by atoms with Gasteiger partial charge in [-0.15, -0.1) is 0 Å². The fraction of sp³-hybridized carbons (Fsp3) is 0.400. The normalized spacial score (nSPS) is 14.2. The number of unbranched alkanes of at least 4 members (excludes halogenated alkanes) is 1. The Morgan fingerprint density at radius 1 is 1.06 bits per heavy atom. The first-order valence-corrected chi connectivity index (χ1v) is 12.1. The molecular formula is C25H32N6O2S. The molecule has 1 aliphatic rings. The molecule has 2 N–H and O–H groups in total. The van der Waals surface area contributed by atoms with E-state index in [4.69, 9.17) is 17.0 Å². The lowest BCUT2D eigenvalue weighted by Gasteiger charge is -2.36. The molecule has 0 bridgehead atoms. The lowest BCUT2D eigenvalue weighted by molar-refractivity contribution is -0.121. The first-order valence-electron chi connectivity index (χ1n) is 11.7. The van der Waals surface area contributed by atoms with Gasteiger partial charge < -0.3 is 15.0 Å². The van der Waals surface area contributed by atoms with E-state index in [1.165, 1.54) is 5.69 Å². The molecular weight excluding hydrogens is 448 g/mol. The molecule has 9 heteroatoms. The minimum atomic E-state index is -0.0660. The van der Waals surface area contributed by atoms with E-state index in [-0.39, 0.29) is 12.5 Å². The monoisotopic (exact) mass is 480 g/mol. The van der Waals surface area contributed by atoms with Crippen molar-refractivity contribution in [1.29, 1.82) is 0 Å². The van der Waals surface area contributed by atoms with Crippen molar-refractivity contribution in [3.8, 4) is 17.1 Å². The van der Waals surface area contributed by atoms with Crippen LogP contribution in [0.4, 0.5) is 5.69 Å². The zero-order chi connectivity index (χ0) is 23.8. The Morgan fingerprint density at radius 3 is 2.50 bits per heavy atom. The molecule has 3 aromatic rings. The highest BCUT2D eigenvalue weighted by Gasteiger charge is 2.16. The van der Waals surface area contributed by atoms with E-state index in [1.807, 2.05) is 24.3 Å². The van der Waals surface area contributed by atoms with Crippen LogP contribution in [-0.2, 0) is 11.3 Å². The highest BCUT2D eigenvalue weighted by molar-refractivity contribution is 7.71. The number of piperazine rings is 1. The molecule has 0 atom stereocenters. The van der Waals surface area contributed by atoms with Crippen LogP contribution in [0.5, 0.6) is 5.75 Å². The minimum Gasteiger partial charge on any atom is -0.497 e. The lowest BCUT2D eigenvalue weighted by Crippen LogP contribution is -2.46. The summed E-state index contributed by atoms with van der Waals surface area (Å²) in [5.74, 6) is 1.33. The molecule has 0 aliphatic carbocycles. The summed E-state index contributed by atoms with van der Waals surface area (Å²) in [6.07, 6.45) is 2.01. The fourth-order valence-electron chi connectivity index (χ4n) is 4.18. The molecule has 34 heavy (non-hydrogen) atoms. The number of anilines is 1. The second kappa shape index (κ2) is 11.8. The van der Waals surface area contributed by atoms with E-state index in [0.29, 0.717) is 17.1 Å². The number of para-hydroxylation sites is 1. The molecule has 8 nitrogen and oxygen atoms in total. The van der Waals surface area contributed by atoms with Crippen molar-refractivity contribution in [2.75, 3.05) is 51.3 Å². The van der Waals surface area contributed by atoms with Gasteiger partial charge in [-0.3, -0.25) is 19.4 Å². The number of methoxy groups -OCH3 is 1. The Morgan fingerprint density at radius 2 is 1.79 bits per heavy atom. The van der Waals surface area contributed by atoms with Crippen LogP contribution >= 0.6 is 12.2 Å². The molecule has 4 rings (SSSR count). The Labute approximate surface area is 205 Å². The topological polar surface area (TPSA) is 78.4 Å². The number of hydrogen-bond donors (Lipinski definition) is 2. The maximum Gasteiger partial charge on any atom is 0.240 e. The fourth-order valence-corrected chi connectivity index (χ4v) is 4.38.